The van der Waals surface area contributed by atoms with Gasteiger partial charge in [-0.05, 0) is 36.4 Å². The molecule has 0 spiro atoms. The van der Waals surface area contributed by atoms with Crippen molar-refractivity contribution in [3.8, 4) is 0 Å². The highest BCUT2D eigenvalue weighted by Gasteiger charge is 2.10. The van der Waals surface area contributed by atoms with Crippen LogP contribution in [-0.2, 0) is 4.79 Å². The van der Waals surface area contributed by atoms with E-state index in [4.69, 9.17) is 23.2 Å². The average molecular weight is 357 g/mol. The number of amides is 1. The number of carbonyl (C=O) groups excluding carboxylic acids is 1. The second kappa shape index (κ2) is 7.67. The van der Waals surface area contributed by atoms with Gasteiger partial charge < -0.3 is 0 Å². The van der Waals surface area contributed by atoms with Crippen LogP contribution < -0.4 is 5.43 Å². The van der Waals surface area contributed by atoms with Crippen molar-refractivity contribution in [3.63, 3.8) is 0 Å². The van der Waals surface area contributed by atoms with Crippen molar-refractivity contribution in [2.75, 3.05) is 11.2 Å². The standard InChI is InChI=1S/C14H14Cl2N4OS/c1-3-22-14-18-17-9(2)20(14)19-13(21)7-5-10-4-6-11(15)8-12(10)16/h4-8H,3H2,1-2H3,(H,19,21). The summed E-state index contributed by atoms with van der Waals surface area (Å²) in [7, 11) is 0. The summed E-state index contributed by atoms with van der Waals surface area (Å²) in [6.45, 7) is 3.77. The number of hydrogen-bond donors (Lipinski definition) is 1. The van der Waals surface area contributed by atoms with Gasteiger partial charge in [0.1, 0.15) is 5.82 Å². The Kier molecular flexibility index (Phi) is 5.88. The first-order valence-electron chi connectivity index (χ1n) is 6.50. The molecule has 0 unspecified atom stereocenters. The van der Waals surface area contributed by atoms with Crippen molar-refractivity contribution in [3.05, 3.63) is 45.7 Å². The van der Waals surface area contributed by atoms with Gasteiger partial charge >= 0.3 is 0 Å². The zero-order valence-electron chi connectivity index (χ0n) is 12.0. The molecule has 22 heavy (non-hydrogen) atoms. The minimum atomic E-state index is -0.299. The molecular weight excluding hydrogens is 343 g/mol. The van der Waals surface area contributed by atoms with Crippen molar-refractivity contribution in [2.45, 2.75) is 19.0 Å². The fourth-order valence-electron chi connectivity index (χ4n) is 1.64. The lowest BCUT2D eigenvalue weighted by molar-refractivity contribution is -0.112. The zero-order valence-corrected chi connectivity index (χ0v) is 14.3. The molecule has 116 valence electrons. The van der Waals surface area contributed by atoms with Gasteiger partial charge in [0.25, 0.3) is 5.91 Å². The Labute approximate surface area is 142 Å². The van der Waals surface area contributed by atoms with Crippen molar-refractivity contribution in [1.29, 1.82) is 0 Å². The van der Waals surface area contributed by atoms with E-state index in [-0.39, 0.29) is 5.91 Å². The summed E-state index contributed by atoms with van der Waals surface area (Å²) >= 11 is 13.4. The van der Waals surface area contributed by atoms with Gasteiger partial charge in [0.15, 0.2) is 0 Å². The number of benzene rings is 1. The minimum Gasteiger partial charge on any atom is -0.268 e. The predicted octanol–water partition coefficient (Wildman–Crippen LogP) is 3.79. The highest BCUT2D eigenvalue weighted by molar-refractivity contribution is 7.99. The van der Waals surface area contributed by atoms with E-state index in [1.54, 1.807) is 35.9 Å². The van der Waals surface area contributed by atoms with Crippen molar-refractivity contribution in [1.82, 2.24) is 14.9 Å². The molecule has 0 fully saturated rings. The Morgan fingerprint density at radius 1 is 1.41 bits per heavy atom. The Morgan fingerprint density at radius 2 is 2.18 bits per heavy atom. The van der Waals surface area contributed by atoms with Gasteiger partial charge in [0, 0.05) is 16.1 Å². The first-order chi connectivity index (χ1) is 10.5. The van der Waals surface area contributed by atoms with Crippen molar-refractivity contribution < 1.29 is 4.79 Å². The predicted molar refractivity (Wildman–Crippen MR) is 91.0 cm³/mol. The average Bonchev–Trinajstić information content (AvgIpc) is 2.80. The largest absolute Gasteiger partial charge is 0.268 e. The van der Waals surface area contributed by atoms with Crippen LogP contribution in [0.1, 0.15) is 18.3 Å². The molecule has 0 bridgehead atoms. The van der Waals surface area contributed by atoms with E-state index in [1.807, 2.05) is 6.92 Å². The Hall–Kier alpha value is -1.50. The van der Waals surface area contributed by atoms with Crippen LogP contribution in [0.5, 0.6) is 0 Å². The Bertz CT molecular complexity index is 715. The molecule has 0 aliphatic rings. The van der Waals surface area contributed by atoms with Crippen LogP contribution in [0, 0.1) is 6.92 Å². The SMILES string of the molecule is CCSc1nnc(C)n1NC(=O)C=Cc1ccc(Cl)cc1Cl. The maximum absolute atomic E-state index is 12.0. The molecule has 1 N–H and O–H groups in total. The number of aryl methyl sites for hydroxylation is 1. The lowest BCUT2D eigenvalue weighted by Crippen LogP contribution is -2.22. The second-order valence-electron chi connectivity index (χ2n) is 4.27. The molecule has 2 rings (SSSR count). The summed E-state index contributed by atoms with van der Waals surface area (Å²) in [4.78, 5) is 12.0. The molecule has 0 saturated heterocycles. The summed E-state index contributed by atoms with van der Waals surface area (Å²) in [5.41, 5.74) is 3.43. The minimum absolute atomic E-state index is 0.299. The van der Waals surface area contributed by atoms with E-state index in [2.05, 4.69) is 15.6 Å². The number of rotatable bonds is 5. The fourth-order valence-corrected chi connectivity index (χ4v) is 2.78. The molecule has 0 atom stereocenters. The molecule has 0 aliphatic heterocycles. The monoisotopic (exact) mass is 356 g/mol. The van der Waals surface area contributed by atoms with Crippen molar-refractivity contribution >= 4 is 46.9 Å². The summed E-state index contributed by atoms with van der Waals surface area (Å²) < 4.78 is 1.56. The molecule has 0 radical (unpaired) electrons. The van der Waals surface area contributed by atoms with E-state index in [9.17, 15) is 4.79 Å². The number of halogens is 2. The quantitative estimate of drug-likeness (QED) is 0.653. The topological polar surface area (TPSA) is 59.8 Å². The third kappa shape index (κ3) is 4.25. The lowest BCUT2D eigenvalue weighted by atomic mass is 10.2. The number of hydrogen-bond acceptors (Lipinski definition) is 4. The lowest BCUT2D eigenvalue weighted by Gasteiger charge is -2.07. The van der Waals surface area contributed by atoms with Crippen LogP contribution in [0.25, 0.3) is 6.08 Å². The number of thioether (sulfide) groups is 1. The number of nitrogens with one attached hydrogen (secondary N) is 1. The summed E-state index contributed by atoms with van der Waals surface area (Å²) in [6.07, 6.45) is 3.02. The van der Waals surface area contributed by atoms with E-state index in [0.29, 0.717) is 26.6 Å². The third-order valence-electron chi connectivity index (χ3n) is 2.67. The van der Waals surface area contributed by atoms with Crippen LogP contribution in [0.15, 0.2) is 29.4 Å². The molecule has 1 amide bonds. The highest BCUT2D eigenvalue weighted by Crippen LogP contribution is 2.22. The molecular formula is C14H14Cl2N4OS. The summed E-state index contributed by atoms with van der Waals surface area (Å²) in [5.74, 6) is 1.15. The third-order valence-corrected chi connectivity index (χ3v) is 4.04. The molecule has 1 aromatic carbocycles. The van der Waals surface area contributed by atoms with Gasteiger partial charge in [-0.1, -0.05) is 48.0 Å². The smallest absolute Gasteiger partial charge is 0.262 e. The first kappa shape index (κ1) is 16.9. The number of nitrogens with zero attached hydrogens (tertiary/aromatic N) is 3. The first-order valence-corrected chi connectivity index (χ1v) is 8.24. The normalized spacial score (nSPS) is 11.1. The highest BCUT2D eigenvalue weighted by atomic mass is 35.5. The molecule has 2 aromatic rings. The molecule has 0 saturated carbocycles. The van der Waals surface area contributed by atoms with Gasteiger partial charge in [-0.15, -0.1) is 10.2 Å². The maximum atomic E-state index is 12.0. The summed E-state index contributed by atoms with van der Waals surface area (Å²) in [5, 5.41) is 9.63. The van der Waals surface area contributed by atoms with Gasteiger partial charge in [-0.3, -0.25) is 10.2 Å². The van der Waals surface area contributed by atoms with Crippen LogP contribution in [0.4, 0.5) is 0 Å². The molecule has 0 aliphatic carbocycles. The maximum Gasteiger partial charge on any atom is 0.262 e. The van der Waals surface area contributed by atoms with E-state index in [0.717, 1.165) is 5.75 Å². The Balaban J connectivity index is 2.10. The fraction of sp³-hybridized carbons (Fsp3) is 0.214. The van der Waals surface area contributed by atoms with E-state index >= 15 is 0 Å². The van der Waals surface area contributed by atoms with Gasteiger partial charge in [-0.25, -0.2) is 4.68 Å². The van der Waals surface area contributed by atoms with Crippen LogP contribution in [0.3, 0.4) is 0 Å². The van der Waals surface area contributed by atoms with Gasteiger partial charge in [0.2, 0.25) is 5.16 Å². The second-order valence-corrected chi connectivity index (χ2v) is 6.35. The summed E-state index contributed by atoms with van der Waals surface area (Å²) in [6, 6.07) is 5.09. The van der Waals surface area contributed by atoms with Crippen LogP contribution >= 0.6 is 35.0 Å². The zero-order chi connectivity index (χ0) is 16.1. The molecule has 1 heterocycles. The molecule has 5 nitrogen and oxygen atoms in total. The molecule has 8 heteroatoms. The van der Waals surface area contributed by atoms with E-state index in [1.165, 1.54) is 17.8 Å². The number of carbonyl (C=O) groups is 1. The van der Waals surface area contributed by atoms with Gasteiger partial charge in [0.05, 0.1) is 0 Å². The molecule has 1 aromatic heterocycles. The number of aromatic nitrogens is 3. The van der Waals surface area contributed by atoms with E-state index < -0.39 is 0 Å². The Morgan fingerprint density at radius 3 is 2.86 bits per heavy atom. The van der Waals surface area contributed by atoms with Crippen molar-refractivity contribution in [2.24, 2.45) is 0 Å². The van der Waals surface area contributed by atoms with Gasteiger partial charge in [-0.2, -0.15) is 0 Å². The van der Waals surface area contributed by atoms with Crippen LogP contribution in [0.2, 0.25) is 10.0 Å². The van der Waals surface area contributed by atoms with Crippen LogP contribution in [-0.4, -0.2) is 26.5 Å².